The van der Waals surface area contributed by atoms with Crippen LogP contribution in [0.25, 0.3) is 0 Å². The van der Waals surface area contributed by atoms with Crippen molar-refractivity contribution in [3.8, 4) is 11.6 Å². The highest BCUT2D eigenvalue weighted by atomic mass is 19.1. The van der Waals surface area contributed by atoms with Gasteiger partial charge in [0.2, 0.25) is 5.88 Å². The number of hydrogen-bond acceptors (Lipinski definition) is 6. The number of para-hydroxylation sites is 1. The number of benzene rings is 1. The number of rotatable bonds is 4. The predicted molar refractivity (Wildman–Crippen MR) is 103 cm³/mol. The van der Waals surface area contributed by atoms with E-state index in [0.717, 1.165) is 19.3 Å². The van der Waals surface area contributed by atoms with Crippen LogP contribution in [0.2, 0.25) is 0 Å². The fraction of sp³-hybridized carbons (Fsp3) is 0.286. The highest BCUT2D eigenvalue weighted by Gasteiger charge is 2.32. The second kappa shape index (κ2) is 8.30. The van der Waals surface area contributed by atoms with Crippen LogP contribution in [0.4, 0.5) is 4.39 Å². The Balaban J connectivity index is 1.64. The zero-order chi connectivity index (χ0) is 20.2. The summed E-state index contributed by atoms with van der Waals surface area (Å²) in [6.45, 7) is 2.40. The summed E-state index contributed by atoms with van der Waals surface area (Å²) in [5, 5.41) is 0. The highest BCUT2D eigenvalue weighted by Crippen LogP contribution is 2.32. The molecule has 1 amide bonds. The number of ether oxygens (including phenoxy) is 1. The van der Waals surface area contributed by atoms with Gasteiger partial charge >= 0.3 is 0 Å². The Labute approximate surface area is 167 Å². The molecule has 0 unspecified atom stereocenters. The third-order valence-corrected chi connectivity index (χ3v) is 4.74. The monoisotopic (exact) mass is 393 g/mol. The van der Waals surface area contributed by atoms with Gasteiger partial charge in [-0.15, -0.1) is 0 Å². The standard InChI is InChI=1S/C21H20FN5O2/c1-14-12-19(29-18-8-3-2-6-15(18)22)26-20(25-14)17-7-4-5-11-27(17)21(28)16-13-23-9-10-24-16/h2-3,6,8-10,12-13,17H,4-5,7,11H2,1H3/t17-/m1/s1. The van der Waals surface area contributed by atoms with Crippen LogP contribution in [0.15, 0.2) is 48.9 Å². The largest absolute Gasteiger partial charge is 0.436 e. The summed E-state index contributed by atoms with van der Waals surface area (Å²) >= 11 is 0. The van der Waals surface area contributed by atoms with Gasteiger partial charge in [-0.1, -0.05) is 12.1 Å². The van der Waals surface area contributed by atoms with Gasteiger partial charge in [-0.3, -0.25) is 9.78 Å². The molecule has 0 spiro atoms. The van der Waals surface area contributed by atoms with Gasteiger partial charge in [-0.05, 0) is 38.3 Å². The topological polar surface area (TPSA) is 81.1 Å². The van der Waals surface area contributed by atoms with E-state index < -0.39 is 5.82 Å². The molecule has 29 heavy (non-hydrogen) atoms. The molecule has 1 aliphatic heterocycles. The van der Waals surface area contributed by atoms with Crippen molar-refractivity contribution in [1.82, 2.24) is 24.8 Å². The molecule has 0 radical (unpaired) electrons. The molecule has 1 aromatic carbocycles. The maximum atomic E-state index is 14.0. The first kappa shape index (κ1) is 18.9. The lowest BCUT2D eigenvalue weighted by molar-refractivity contribution is 0.0592. The summed E-state index contributed by atoms with van der Waals surface area (Å²) in [6.07, 6.45) is 7.06. The number of carbonyl (C=O) groups is 1. The van der Waals surface area contributed by atoms with Gasteiger partial charge in [0.1, 0.15) is 5.69 Å². The number of halogens is 1. The van der Waals surface area contributed by atoms with Crippen LogP contribution in [-0.4, -0.2) is 37.3 Å². The molecule has 0 saturated carbocycles. The van der Waals surface area contributed by atoms with Gasteiger partial charge in [0.25, 0.3) is 5.91 Å². The van der Waals surface area contributed by atoms with Crippen molar-refractivity contribution in [3.63, 3.8) is 0 Å². The lowest BCUT2D eigenvalue weighted by Gasteiger charge is -2.34. The molecule has 0 bridgehead atoms. The zero-order valence-electron chi connectivity index (χ0n) is 16.0. The molecule has 1 atom stereocenters. The highest BCUT2D eigenvalue weighted by molar-refractivity contribution is 5.92. The quantitative estimate of drug-likeness (QED) is 0.669. The number of nitrogens with zero attached hydrogens (tertiary/aromatic N) is 5. The molecule has 0 aliphatic carbocycles. The van der Waals surface area contributed by atoms with Crippen LogP contribution in [0.5, 0.6) is 11.6 Å². The molecular formula is C21H20FN5O2. The number of carbonyl (C=O) groups excluding carboxylic acids is 1. The van der Waals surface area contributed by atoms with Crippen LogP contribution in [0.1, 0.15) is 47.3 Å². The second-order valence-electron chi connectivity index (χ2n) is 6.84. The van der Waals surface area contributed by atoms with Crippen molar-refractivity contribution >= 4 is 5.91 Å². The molecule has 3 aromatic rings. The molecule has 8 heteroatoms. The number of likely N-dealkylation sites (tertiary alicyclic amines) is 1. The van der Waals surface area contributed by atoms with Crippen LogP contribution in [0.3, 0.4) is 0 Å². The van der Waals surface area contributed by atoms with Crippen molar-refractivity contribution in [2.24, 2.45) is 0 Å². The summed E-state index contributed by atoms with van der Waals surface area (Å²) in [6, 6.07) is 7.49. The molecule has 1 aliphatic rings. The fourth-order valence-electron chi connectivity index (χ4n) is 3.40. The third-order valence-electron chi connectivity index (χ3n) is 4.74. The maximum absolute atomic E-state index is 14.0. The van der Waals surface area contributed by atoms with Crippen molar-refractivity contribution in [3.05, 3.63) is 72.0 Å². The van der Waals surface area contributed by atoms with Crippen LogP contribution >= 0.6 is 0 Å². The molecule has 7 nitrogen and oxygen atoms in total. The van der Waals surface area contributed by atoms with Gasteiger partial charge in [-0.2, -0.15) is 4.98 Å². The fourth-order valence-corrected chi connectivity index (χ4v) is 3.40. The van der Waals surface area contributed by atoms with Gasteiger partial charge in [-0.25, -0.2) is 14.4 Å². The Morgan fingerprint density at radius 2 is 2.07 bits per heavy atom. The maximum Gasteiger partial charge on any atom is 0.274 e. The second-order valence-corrected chi connectivity index (χ2v) is 6.84. The van der Waals surface area contributed by atoms with Crippen molar-refractivity contribution in [2.45, 2.75) is 32.2 Å². The molecular weight excluding hydrogens is 373 g/mol. The SMILES string of the molecule is Cc1cc(Oc2ccccc2F)nc([C@H]2CCCCN2C(=O)c2cnccn2)n1. The minimum absolute atomic E-state index is 0.0905. The Kier molecular flexibility index (Phi) is 5.41. The van der Waals surface area contributed by atoms with Gasteiger partial charge < -0.3 is 9.64 Å². The van der Waals surface area contributed by atoms with E-state index >= 15 is 0 Å². The summed E-state index contributed by atoms with van der Waals surface area (Å²) in [5.74, 6) is 0.142. The first-order valence-electron chi connectivity index (χ1n) is 9.47. The van der Waals surface area contributed by atoms with E-state index in [-0.39, 0.29) is 29.3 Å². The summed E-state index contributed by atoms with van der Waals surface area (Å²) in [4.78, 5) is 31.8. The van der Waals surface area contributed by atoms with Gasteiger partial charge in [0, 0.05) is 30.7 Å². The third kappa shape index (κ3) is 4.21. The first-order valence-corrected chi connectivity index (χ1v) is 9.47. The van der Waals surface area contributed by atoms with Crippen molar-refractivity contribution in [1.29, 1.82) is 0 Å². The van der Waals surface area contributed by atoms with E-state index in [1.54, 1.807) is 23.1 Å². The molecule has 0 N–H and O–H groups in total. The molecule has 1 saturated heterocycles. The average molecular weight is 393 g/mol. The molecule has 4 rings (SSSR count). The number of amides is 1. The normalized spacial score (nSPS) is 16.5. The van der Waals surface area contributed by atoms with Crippen LogP contribution in [-0.2, 0) is 0 Å². The van der Waals surface area contributed by atoms with Gasteiger partial charge in [0.15, 0.2) is 17.4 Å². The van der Waals surface area contributed by atoms with E-state index in [1.807, 2.05) is 6.92 Å². The Hall–Kier alpha value is -3.42. The molecule has 148 valence electrons. The molecule has 1 fully saturated rings. The summed E-state index contributed by atoms with van der Waals surface area (Å²) < 4.78 is 19.6. The van der Waals surface area contributed by atoms with E-state index in [2.05, 4.69) is 19.9 Å². The van der Waals surface area contributed by atoms with E-state index in [0.29, 0.717) is 18.1 Å². The van der Waals surface area contributed by atoms with Crippen LogP contribution < -0.4 is 4.74 Å². The Morgan fingerprint density at radius 3 is 2.86 bits per heavy atom. The lowest BCUT2D eigenvalue weighted by atomic mass is 10.0. The summed E-state index contributed by atoms with van der Waals surface area (Å²) in [7, 11) is 0. The zero-order valence-corrected chi connectivity index (χ0v) is 16.0. The molecule has 3 heterocycles. The lowest BCUT2D eigenvalue weighted by Crippen LogP contribution is -2.39. The smallest absolute Gasteiger partial charge is 0.274 e. The summed E-state index contributed by atoms with van der Waals surface area (Å²) in [5.41, 5.74) is 0.966. The van der Waals surface area contributed by atoms with E-state index in [1.165, 1.54) is 30.7 Å². The Bertz CT molecular complexity index is 1010. The van der Waals surface area contributed by atoms with Crippen molar-refractivity contribution < 1.29 is 13.9 Å². The molecule has 2 aromatic heterocycles. The number of piperidine rings is 1. The van der Waals surface area contributed by atoms with Gasteiger partial charge in [0.05, 0.1) is 12.2 Å². The van der Waals surface area contributed by atoms with Crippen molar-refractivity contribution in [2.75, 3.05) is 6.54 Å². The first-order chi connectivity index (χ1) is 14.1. The number of aryl methyl sites for hydroxylation is 1. The average Bonchev–Trinajstić information content (AvgIpc) is 2.75. The Morgan fingerprint density at radius 1 is 1.21 bits per heavy atom. The van der Waals surface area contributed by atoms with E-state index in [9.17, 15) is 9.18 Å². The number of hydrogen-bond donors (Lipinski definition) is 0. The predicted octanol–water partition coefficient (Wildman–Crippen LogP) is 3.87. The number of aromatic nitrogens is 4. The minimum Gasteiger partial charge on any atom is -0.436 e. The van der Waals surface area contributed by atoms with Crippen LogP contribution in [0, 0.1) is 12.7 Å². The van der Waals surface area contributed by atoms with E-state index in [4.69, 9.17) is 4.74 Å². The minimum atomic E-state index is -0.470.